The molecule has 0 unspecified atom stereocenters. The standard InChI is InChI=1S/C33H39ClN4O4/c1-31(2,3)42-30(40)38-16-14-21(15-17-38)8-11-24-12-9-23(20-36-24)27(39)37-28-32(4,5)29(33(28,6)7)41-25-13-10-22(19-35)26(34)18-25/h9-10,12-13,18,20-21,28-29H,14-17H2,1-7H3,(H,37,39). The minimum absolute atomic E-state index is 0.151. The Morgan fingerprint density at radius 3 is 2.31 bits per heavy atom. The lowest BCUT2D eigenvalue weighted by atomic mass is 9.49. The SMILES string of the molecule is CC(C)(C)OC(=O)N1CCC(C#Cc2ccc(C(=O)NC3C(C)(C)C(Oc4ccc(C#N)c(Cl)c4)C3(C)C)cn2)CC1. The second kappa shape index (κ2) is 11.9. The Bertz CT molecular complexity index is 1420. The Hall–Kier alpha value is -3.75. The van der Waals surface area contributed by atoms with Gasteiger partial charge in [0, 0.05) is 48.1 Å². The number of hydrogen-bond donors (Lipinski definition) is 1. The number of rotatable bonds is 4. The summed E-state index contributed by atoms with van der Waals surface area (Å²) in [5, 5.41) is 12.7. The van der Waals surface area contributed by atoms with E-state index in [0.29, 0.717) is 40.7 Å². The van der Waals surface area contributed by atoms with Crippen LogP contribution in [0.4, 0.5) is 4.79 Å². The Labute approximate surface area is 253 Å². The molecule has 0 bridgehead atoms. The van der Waals surface area contributed by atoms with Crippen molar-refractivity contribution >= 4 is 23.6 Å². The molecule has 2 amide bonds. The first kappa shape index (κ1) is 31.2. The molecule has 2 fully saturated rings. The van der Waals surface area contributed by atoms with Gasteiger partial charge in [0.1, 0.15) is 29.2 Å². The van der Waals surface area contributed by atoms with Crippen molar-refractivity contribution in [3.05, 3.63) is 58.4 Å². The summed E-state index contributed by atoms with van der Waals surface area (Å²) < 4.78 is 11.8. The number of pyridine rings is 1. The summed E-state index contributed by atoms with van der Waals surface area (Å²) in [6.45, 7) is 15.1. The van der Waals surface area contributed by atoms with Gasteiger partial charge in [-0.1, -0.05) is 45.2 Å². The highest BCUT2D eigenvalue weighted by molar-refractivity contribution is 6.31. The first-order valence-electron chi connectivity index (χ1n) is 14.2. The highest BCUT2D eigenvalue weighted by Gasteiger charge is 2.64. The minimum Gasteiger partial charge on any atom is -0.489 e. The Morgan fingerprint density at radius 1 is 1.10 bits per heavy atom. The maximum Gasteiger partial charge on any atom is 0.410 e. The summed E-state index contributed by atoms with van der Waals surface area (Å²) >= 11 is 6.19. The summed E-state index contributed by atoms with van der Waals surface area (Å²) in [5.74, 6) is 6.95. The van der Waals surface area contributed by atoms with Crippen molar-refractivity contribution in [2.75, 3.05) is 13.1 Å². The first-order valence-corrected chi connectivity index (χ1v) is 14.6. The molecule has 0 radical (unpaired) electrons. The molecule has 2 heterocycles. The molecule has 2 aliphatic rings. The third kappa shape index (κ3) is 6.82. The number of aromatic nitrogens is 1. The summed E-state index contributed by atoms with van der Waals surface area (Å²) in [4.78, 5) is 31.6. The molecule has 1 aliphatic heterocycles. The van der Waals surface area contributed by atoms with Gasteiger partial charge in [-0.15, -0.1) is 0 Å². The predicted octanol–water partition coefficient (Wildman–Crippen LogP) is 6.22. The van der Waals surface area contributed by atoms with Crippen LogP contribution < -0.4 is 10.1 Å². The molecular formula is C33H39ClN4O4. The Balaban J connectivity index is 1.32. The number of benzene rings is 1. The van der Waals surface area contributed by atoms with Crippen molar-refractivity contribution in [1.29, 1.82) is 5.26 Å². The first-order chi connectivity index (χ1) is 19.6. The van der Waals surface area contributed by atoms with E-state index in [4.69, 9.17) is 26.3 Å². The number of nitrogens with one attached hydrogen (secondary N) is 1. The molecule has 1 aromatic heterocycles. The van der Waals surface area contributed by atoms with E-state index in [1.165, 1.54) is 0 Å². The average molecular weight is 591 g/mol. The third-order valence-electron chi connectivity index (χ3n) is 8.01. The van der Waals surface area contributed by atoms with Crippen LogP contribution in [0, 0.1) is 39.9 Å². The molecule has 0 atom stereocenters. The zero-order valence-electron chi connectivity index (χ0n) is 25.4. The van der Waals surface area contributed by atoms with Crippen molar-refractivity contribution in [3.63, 3.8) is 0 Å². The molecule has 0 spiro atoms. The van der Waals surface area contributed by atoms with Crippen LogP contribution in [0.25, 0.3) is 0 Å². The molecular weight excluding hydrogens is 552 g/mol. The van der Waals surface area contributed by atoms with Crippen LogP contribution in [0.15, 0.2) is 36.5 Å². The van der Waals surface area contributed by atoms with Crippen molar-refractivity contribution < 1.29 is 19.1 Å². The number of carbonyl (C=O) groups is 2. The van der Waals surface area contributed by atoms with E-state index in [1.54, 1.807) is 41.4 Å². The van der Waals surface area contributed by atoms with Crippen molar-refractivity contribution in [3.8, 4) is 23.7 Å². The quantitative estimate of drug-likeness (QED) is 0.424. The summed E-state index contributed by atoms with van der Waals surface area (Å²) in [5.41, 5.74) is 0.217. The van der Waals surface area contributed by atoms with Crippen LogP contribution >= 0.6 is 11.6 Å². The van der Waals surface area contributed by atoms with Gasteiger partial charge < -0.3 is 19.7 Å². The molecule has 1 aliphatic carbocycles. The number of likely N-dealkylation sites (tertiary alicyclic amines) is 1. The third-order valence-corrected chi connectivity index (χ3v) is 8.32. The van der Waals surface area contributed by atoms with Crippen LogP contribution in [-0.2, 0) is 4.74 Å². The zero-order valence-corrected chi connectivity index (χ0v) is 26.1. The van der Waals surface area contributed by atoms with Gasteiger partial charge in [-0.3, -0.25) is 4.79 Å². The van der Waals surface area contributed by atoms with Crippen molar-refractivity contribution in [2.24, 2.45) is 16.7 Å². The minimum atomic E-state index is -0.508. The predicted molar refractivity (Wildman–Crippen MR) is 161 cm³/mol. The van der Waals surface area contributed by atoms with E-state index in [9.17, 15) is 9.59 Å². The monoisotopic (exact) mass is 590 g/mol. The number of amides is 2. The van der Waals surface area contributed by atoms with Crippen molar-refractivity contribution in [1.82, 2.24) is 15.2 Å². The average Bonchev–Trinajstić information content (AvgIpc) is 2.92. The topological polar surface area (TPSA) is 105 Å². The molecule has 1 saturated heterocycles. The van der Waals surface area contributed by atoms with E-state index in [1.807, 2.05) is 20.8 Å². The molecule has 42 heavy (non-hydrogen) atoms. The highest BCUT2D eigenvalue weighted by atomic mass is 35.5. The fourth-order valence-corrected chi connectivity index (χ4v) is 6.33. The van der Waals surface area contributed by atoms with Crippen LogP contribution in [-0.4, -0.2) is 52.7 Å². The van der Waals surface area contributed by atoms with E-state index >= 15 is 0 Å². The fraction of sp³-hybridized carbons (Fsp3) is 0.515. The van der Waals surface area contributed by atoms with Gasteiger partial charge in [0.15, 0.2) is 0 Å². The lowest BCUT2D eigenvalue weighted by Gasteiger charge is -2.63. The second-order valence-electron chi connectivity index (χ2n) is 13.2. The zero-order chi connectivity index (χ0) is 30.9. The van der Waals surface area contributed by atoms with Crippen LogP contribution in [0.1, 0.15) is 82.9 Å². The Kier molecular flexibility index (Phi) is 8.81. The van der Waals surface area contributed by atoms with Gasteiger partial charge in [0.25, 0.3) is 5.91 Å². The van der Waals surface area contributed by atoms with E-state index in [0.717, 1.165) is 12.8 Å². The summed E-state index contributed by atoms with van der Waals surface area (Å²) in [6, 6.07) is 10.4. The Morgan fingerprint density at radius 2 is 1.76 bits per heavy atom. The molecule has 1 aromatic carbocycles. The number of piperidine rings is 1. The van der Waals surface area contributed by atoms with E-state index in [-0.39, 0.29) is 40.9 Å². The summed E-state index contributed by atoms with van der Waals surface area (Å²) in [6.07, 6.45) is 2.64. The van der Waals surface area contributed by atoms with Crippen molar-refractivity contribution in [2.45, 2.75) is 79.1 Å². The lowest BCUT2D eigenvalue weighted by Crippen LogP contribution is -2.74. The second-order valence-corrected chi connectivity index (χ2v) is 13.7. The van der Waals surface area contributed by atoms with Gasteiger partial charge in [-0.25, -0.2) is 9.78 Å². The molecule has 2 aromatic rings. The number of hydrogen-bond acceptors (Lipinski definition) is 6. The van der Waals surface area contributed by atoms with Gasteiger partial charge >= 0.3 is 6.09 Å². The molecule has 222 valence electrons. The number of nitrogens with zero attached hydrogens (tertiary/aromatic N) is 3. The number of carbonyl (C=O) groups excluding carboxylic acids is 2. The van der Waals surface area contributed by atoms with Gasteiger partial charge in [0.2, 0.25) is 0 Å². The normalized spacial score (nSPS) is 21.2. The van der Waals surface area contributed by atoms with E-state index < -0.39 is 5.60 Å². The fourth-order valence-electron chi connectivity index (χ4n) is 6.12. The van der Waals surface area contributed by atoms with Gasteiger partial charge in [-0.05, 0) is 63.8 Å². The van der Waals surface area contributed by atoms with Crippen LogP contribution in [0.2, 0.25) is 5.02 Å². The lowest BCUT2D eigenvalue weighted by molar-refractivity contribution is -0.164. The van der Waals surface area contributed by atoms with Crippen LogP contribution in [0.5, 0.6) is 5.75 Å². The molecule has 8 nitrogen and oxygen atoms in total. The number of halogens is 1. The van der Waals surface area contributed by atoms with Crippen LogP contribution in [0.3, 0.4) is 0 Å². The summed E-state index contributed by atoms with van der Waals surface area (Å²) in [7, 11) is 0. The maximum absolute atomic E-state index is 13.2. The maximum atomic E-state index is 13.2. The van der Waals surface area contributed by atoms with Gasteiger partial charge in [-0.2, -0.15) is 5.26 Å². The molecule has 1 saturated carbocycles. The van der Waals surface area contributed by atoms with E-state index in [2.05, 4.69) is 55.9 Å². The number of nitriles is 1. The molecule has 4 rings (SSSR count). The molecule has 9 heteroatoms. The smallest absolute Gasteiger partial charge is 0.410 e. The van der Waals surface area contributed by atoms with Gasteiger partial charge in [0.05, 0.1) is 16.1 Å². The highest BCUT2D eigenvalue weighted by Crippen LogP contribution is 2.55. The number of ether oxygens (including phenoxy) is 2. The largest absolute Gasteiger partial charge is 0.489 e. The molecule has 1 N–H and O–H groups in total.